The summed E-state index contributed by atoms with van der Waals surface area (Å²) in [5.41, 5.74) is 8.37. The van der Waals surface area contributed by atoms with Crippen LogP contribution < -0.4 is 10.6 Å². The van der Waals surface area contributed by atoms with Crippen LogP contribution in [0.25, 0.3) is 10.8 Å². The van der Waals surface area contributed by atoms with E-state index in [1.165, 1.54) is 0 Å². The third-order valence-electron chi connectivity index (χ3n) is 3.79. The average Bonchev–Trinajstić information content (AvgIpc) is 2.54. The van der Waals surface area contributed by atoms with Gasteiger partial charge in [0.15, 0.2) is 0 Å². The molecule has 0 bridgehead atoms. The molecule has 0 saturated carbocycles. The van der Waals surface area contributed by atoms with Crippen molar-refractivity contribution in [2.24, 2.45) is 5.73 Å². The minimum Gasteiger partial charge on any atom is -0.351 e. The molecule has 0 spiro atoms. The van der Waals surface area contributed by atoms with Crippen LogP contribution in [-0.2, 0) is 6.54 Å². The number of nitrogens with zero attached hydrogens (tertiary/aromatic N) is 2. The van der Waals surface area contributed by atoms with Crippen molar-refractivity contribution < 1.29 is 4.79 Å². The minimum absolute atomic E-state index is 0.420. The maximum atomic E-state index is 12.0. The van der Waals surface area contributed by atoms with Crippen LogP contribution in [0.1, 0.15) is 11.3 Å². The monoisotopic (exact) mass is 369 g/mol. The predicted octanol–water partition coefficient (Wildman–Crippen LogP) is 4.39. The summed E-state index contributed by atoms with van der Waals surface area (Å²) in [6, 6.07) is 15.1. The molecule has 1 aromatic heterocycles. The number of carbonyl (C=O) groups is 1. The van der Waals surface area contributed by atoms with E-state index >= 15 is 0 Å². The maximum absolute atomic E-state index is 12.0. The van der Waals surface area contributed by atoms with E-state index in [2.05, 4.69) is 20.9 Å². The molecule has 0 aliphatic rings. The lowest BCUT2D eigenvalue weighted by atomic mass is 10.1. The second-order valence-electron chi connectivity index (χ2n) is 5.32. The second-order valence-corrected chi connectivity index (χ2v) is 6.24. The van der Waals surface area contributed by atoms with Crippen LogP contribution in [0.4, 0.5) is 10.5 Å². The van der Waals surface area contributed by atoms with Gasteiger partial charge in [-0.2, -0.15) is 0 Å². The van der Waals surface area contributed by atoms with E-state index in [1.54, 1.807) is 11.1 Å². The SMILES string of the molecule is Cc1nccc2c(N(Cc3ccc(Br)cc3)C(N)=O)cccc12. The van der Waals surface area contributed by atoms with Crippen LogP contribution >= 0.6 is 15.9 Å². The summed E-state index contributed by atoms with van der Waals surface area (Å²) in [6.07, 6.45) is 1.75. The average molecular weight is 370 g/mol. The molecule has 0 unspecified atom stereocenters. The van der Waals surface area contributed by atoms with Crippen LogP contribution in [0, 0.1) is 6.92 Å². The molecular formula is C18H16BrN3O. The van der Waals surface area contributed by atoms with Crippen LogP contribution in [0.5, 0.6) is 0 Å². The molecule has 23 heavy (non-hydrogen) atoms. The number of hydrogen-bond donors (Lipinski definition) is 1. The zero-order valence-electron chi connectivity index (χ0n) is 12.7. The minimum atomic E-state index is -0.477. The largest absolute Gasteiger partial charge is 0.351 e. The van der Waals surface area contributed by atoms with Gasteiger partial charge in [-0.15, -0.1) is 0 Å². The molecule has 1 heterocycles. The number of anilines is 1. The number of primary amides is 1. The summed E-state index contributed by atoms with van der Waals surface area (Å²) in [4.78, 5) is 17.9. The summed E-state index contributed by atoms with van der Waals surface area (Å²) in [6.45, 7) is 2.37. The first-order valence-corrected chi connectivity index (χ1v) is 8.01. The fourth-order valence-electron chi connectivity index (χ4n) is 2.63. The van der Waals surface area contributed by atoms with Gasteiger partial charge >= 0.3 is 6.03 Å². The van der Waals surface area contributed by atoms with Crippen LogP contribution in [0.3, 0.4) is 0 Å². The maximum Gasteiger partial charge on any atom is 0.319 e. The first-order valence-electron chi connectivity index (χ1n) is 7.22. The van der Waals surface area contributed by atoms with Crippen molar-refractivity contribution in [3.8, 4) is 0 Å². The highest BCUT2D eigenvalue weighted by Gasteiger charge is 2.16. The summed E-state index contributed by atoms with van der Waals surface area (Å²) >= 11 is 3.41. The molecule has 4 nitrogen and oxygen atoms in total. The van der Waals surface area contributed by atoms with Gasteiger partial charge in [0.1, 0.15) is 0 Å². The normalized spacial score (nSPS) is 10.7. The number of rotatable bonds is 3. The molecule has 2 aromatic carbocycles. The summed E-state index contributed by atoms with van der Waals surface area (Å²) in [5.74, 6) is 0. The molecule has 0 fully saturated rings. The highest BCUT2D eigenvalue weighted by atomic mass is 79.9. The molecule has 0 saturated heterocycles. The molecule has 3 rings (SSSR count). The Balaban J connectivity index is 2.07. The number of benzene rings is 2. The molecule has 0 aliphatic heterocycles. The van der Waals surface area contributed by atoms with E-state index in [0.717, 1.165) is 32.2 Å². The number of pyridine rings is 1. The number of fused-ring (bicyclic) bond motifs is 1. The molecule has 0 radical (unpaired) electrons. The van der Waals surface area contributed by atoms with Gasteiger partial charge in [0.05, 0.1) is 12.2 Å². The molecule has 3 aromatic rings. The zero-order chi connectivity index (χ0) is 16.4. The molecule has 5 heteroatoms. The highest BCUT2D eigenvalue weighted by molar-refractivity contribution is 9.10. The van der Waals surface area contributed by atoms with Crippen LogP contribution in [0.2, 0.25) is 0 Å². The Morgan fingerprint density at radius 3 is 2.57 bits per heavy atom. The van der Waals surface area contributed by atoms with E-state index in [-0.39, 0.29) is 0 Å². The smallest absolute Gasteiger partial charge is 0.319 e. The number of amides is 2. The van der Waals surface area contributed by atoms with Crippen molar-refractivity contribution >= 4 is 38.4 Å². The van der Waals surface area contributed by atoms with Gasteiger partial charge in [0.25, 0.3) is 0 Å². The Labute approximate surface area is 143 Å². The van der Waals surface area contributed by atoms with Crippen molar-refractivity contribution in [1.82, 2.24) is 4.98 Å². The van der Waals surface area contributed by atoms with Crippen molar-refractivity contribution in [3.05, 3.63) is 70.5 Å². The number of hydrogen-bond acceptors (Lipinski definition) is 2. The Morgan fingerprint density at radius 1 is 1.13 bits per heavy atom. The molecule has 116 valence electrons. The lowest BCUT2D eigenvalue weighted by Gasteiger charge is -2.22. The van der Waals surface area contributed by atoms with Gasteiger partial charge in [0, 0.05) is 27.1 Å². The Morgan fingerprint density at radius 2 is 1.87 bits per heavy atom. The molecule has 0 aliphatic carbocycles. The predicted molar refractivity (Wildman–Crippen MR) is 96.4 cm³/mol. The fraction of sp³-hybridized carbons (Fsp3) is 0.111. The van der Waals surface area contributed by atoms with Crippen molar-refractivity contribution in [3.63, 3.8) is 0 Å². The van der Waals surface area contributed by atoms with Crippen LogP contribution in [0.15, 0.2) is 59.2 Å². The number of aryl methyl sites for hydroxylation is 1. The lowest BCUT2D eigenvalue weighted by Crippen LogP contribution is -2.35. The summed E-state index contributed by atoms with van der Waals surface area (Å²) in [5, 5.41) is 1.99. The number of nitrogens with two attached hydrogens (primary N) is 1. The molecule has 2 N–H and O–H groups in total. The molecule has 0 atom stereocenters. The first-order chi connectivity index (χ1) is 11.1. The number of halogens is 1. The van der Waals surface area contributed by atoms with E-state index < -0.39 is 6.03 Å². The van der Waals surface area contributed by atoms with Gasteiger partial charge in [-0.1, -0.05) is 40.2 Å². The number of carbonyl (C=O) groups excluding carboxylic acids is 1. The van der Waals surface area contributed by atoms with Crippen molar-refractivity contribution in [2.75, 3.05) is 4.90 Å². The summed E-state index contributed by atoms with van der Waals surface area (Å²) < 4.78 is 0.999. The second kappa shape index (κ2) is 6.38. The van der Waals surface area contributed by atoms with E-state index in [0.29, 0.717) is 6.54 Å². The standard InChI is InChI=1S/C18H16BrN3O/c1-12-15-3-2-4-17(16(15)9-10-21-12)22(18(20)23)11-13-5-7-14(19)8-6-13/h2-10H,11H2,1H3,(H2,20,23). The third kappa shape index (κ3) is 3.19. The quantitative estimate of drug-likeness (QED) is 0.743. The van der Waals surface area contributed by atoms with Gasteiger partial charge in [-0.25, -0.2) is 4.79 Å². The zero-order valence-corrected chi connectivity index (χ0v) is 14.2. The Kier molecular flexibility index (Phi) is 4.30. The highest BCUT2D eigenvalue weighted by Crippen LogP contribution is 2.29. The van der Waals surface area contributed by atoms with Gasteiger partial charge in [0.2, 0.25) is 0 Å². The third-order valence-corrected chi connectivity index (χ3v) is 4.32. The fourth-order valence-corrected chi connectivity index (χ4v) is 2.89. The Bertz CT molecular complexity index is 862. The number of aromatic nitrogens is 1. The topological polar surface area (TPSA) is 59.2 Å². The van der Waals surface area contributed by atoms with Gasteiger partial charge in [-0.3, -0.25) is 9.88 Å². The van der Waals surface area contributed by atoms with Crippen molar-refractivity contribution in [2.45, 2.75) is 13.5 Å². The lowest BCUT2D eigenvalue weighted by molar-refractivity contribution is 0.253. The van der Waals surface area contributed by atoms with E-state index in [9.17, 15) is 4.79 Å². The summed E-state index contributed by atoms with van der Waals surface area (Å²) in [7, 11) is 0. The van der Waals surface area contributed by atoms with Gasteiger partial charge < -0.3 is 5.73 Å². The van der Waals surface area contributed by atoms with Crippen molar-refractivity contribution in [1.29, 1.82) is 0 Å². The Hall–Kier alpha value is -2.40. The first kappa shape index (κ1) is 15.5. The van der Waals surface area contributed by atoms with E-state index in [1.807, 2.05) is 55.5 Å². The molecule has 2 amide bonds. The molecular weight excluding hydrogens is 354 g/mol. The van der Waals surface area contributed by atoms with Gasteiger partial charge in [-0.05, 0) is 36.8 Å². The van der Waals surface area contributed by atoms with E-state index in [4.69, 9.17) is 5.73 Å². The number of urea groups is 1. The van der Waals surface area contributed by atoms with Crippen LogP contribution in [-0.4, -0.2) is 11.0 Å².